The SMILES string of the molecule is Cc1cccc(N=C(N)Nc2ccccc2C(C)C)c1. The van der Waals surface area contributed by atoms with Gasteiger partial charge in [0, 0.05) is 5.69 Å². The molecule has 2 aromatic rings. The Bertz CT molecular complexity index is 615. The number of nitrogens with two attached hydrogens (primary N) is 1. The van der Waals surface area contributed by atoms with Gasteiger partial charge in [0.05, 0.1) is 5.69 Å². The van der Waals surface area contributed by atoms with Gasteiger partial charge in [0.1, 0.15) is 0 Å². The maximum absolute atomic E-state index is 6.00. The van der Waals surface area contributed by atoms with Gasteiger partial charge in [0.25, 0.3) is 0 Å². The molecule has 2 aromatic carbocycles. The summed E-state index contributed by atoms with van der Waals surface area (Å²) in [5.74, 6) is 0.842. The van der Waals surface area contributed by atoms with Crippen molar-refractivity contribution in [1.82, 2.24) is 0 Å². The van der Waals surface area contributed by atoms with Gasteiger partial charge in [-0.05, 0) is 42.2 Å². The molecule has 0 fully saturated rings. The molecule has 0 aromatic heterocycles. The van der Waals surface area contributed by atoms with Crippen LogP contribution in [-0.4, -0.2) is 5.96 Å². The number of rotatable bonds is 3. The fraction of sp³-hybridized carbons (Fsp3) is 0.235. The second-order valence-corrected chi connectivity index (χ2v) is 5.20. The van der Waals surface area contributed by atoms with Crippen molar-refractivity contribution in [1.29, 1.82) is 0 Å². The van der Waals surface area contributed by atoms with Crippen LogP contribution in [0.2, 0.25) is 0 Å². The Kier molecular flexibility index (Phi) is 4.41. The summed E-state index contributed by atoms with van der Waals surface area (Å²) in [5, 5.41) is 3.19. The molecule has 0 aliphatic heterocycles. The third-order valence-electron chi connectivity index (χ3n) is 3.10. The van der Waals surface area contributed by atoms with E-state index in [0.717, 1.165) is 11.4 Å². The Hall–Kier alpha value is -2.29. The number of anilines is 1. The van der Waals surface area contributed by atoms with Gasteiger partial charge in [0.15, 0.2) is 5.96 Å². The molecule has 20 heavy (non-hydrogen) atoms. The van der Waals surface area contributed by atoms with Crippen LogP contribution in [0.25, 0.3) is 0 Å². The second-order valence-electron chi connectivity index (χ2n) is 5.20. The molecule has 0 saturated heterocycles. The number of hydrogen-bond donors (Lipinski definition) is 2. The third kappa shape index (κ3) is 3.60. The van der Waals surface area contributed by atoms with Crippen molar-refractivity contribution in [3.8, 4) is 0 Å². The first kappa shape index (κ1) is 14.1. The number of guanidine groups is 1. The summed E-state index contributed by atoms with van der Waals surface area (Å²) >= 11 is 0. The highest BCUT2D eigenvalue weighted by atomic mass is 15.1. The van der Waals surface area contributed by atoms with Gasteiger partial charge in [-0.25, -0.2) is 4.99 Å². The molecule has 2 rings (SSSR count). The van der Waals surface area contributed by atoms with E-state index in [1.807, 2.05) is 49.4 Å². The Morgan fingerprint density at radius 2 is 1.85 bits per heavy atom. The lowest BCUT2D eigenvalue weighted by atomic mass is 10.0. The van der Waals surface area contributed by atoms with Crippen LogP contribution in [0, 0.1) is 6.92 Å². The average molecular weight is 267 g/mol. The monoisotopic (exact) mass is 267 g/mol. The normalized spacial score (nSPS) is 11.7. The highest BCUT2D eigenvalue weighted by molar-refractivity contribution is 5.94. The van der Waals surface area contributed by atoms with Gasteiger partial charge < -0.3 is 11.1 Å². The molecule has 3 N–H and O–H groups in total. The zero-order chi connectivity index (χ0) is 14.5. The van der Waals surface area contributed by atoms with E-state index in [2.05, 4.69) is 30.2 Å². The van der Waals surface area contributed by atoms with Crippen molar-refractivity contribution in [2.75, 3.05) is 5.32 Å². The Morgan fingerprint density at radius 3 is 2.55 bits per heavy atom. The molecule has 3 nitrogen and oxygen atoms in total. The molecular weight excluding hydrogens is 246 g/mol. The van der Waals surface area contributed by atoms with E-state index in [0.29, 0.717) is 11.9 Å². The van der Waals surface area contributed by atoms with Gasteiger partial charge in [-0.3, -0.25) is 0 Å². The highest BCUT2D eigenvalue weighted by Gasteiger charge is 2.06. The predicted molar refractivity (Wildman–Crippen MR) is 86.6 cm³/mol. The summed E-state index contributed by atoms with van der Waals surface area (Å²) in [6.07, 6.45) is 0. The minimum Gasteiger partial charge on any atom is -0.369 e. The fourth-order valence-electron chi connectivity index (χ4n) is 2.12. The lowest BCUT2D eigenvalue weighted by molar-refractivity contribution is 0.869. The second kappa shape index (κ2) is 6.24. The molecule has 0 atom stereocenters. The Balaban J connectivity index is 2.22. The van der Waals surface area contributed by atoms with E-state index in [4.69, 9.17) is 5.73 Å². The van der Waals surface area contributed by atoms with Gasteiger partial charge >= 0.3 is 0 Å². The smallest absolute Gasteiger partial charge is 0.198 e. The molecule has 3 heteroatoms. The number of para-hydroxylation sites is 1. The summed E-state index contributed by atoms with van der Waals surface area (Å²) in [4.78, 5) is 4.40. The van der Waals surface area contributed by atoms with E-state index in [1.54, 1.807) is 0 Å². The van der Waals surface area contributed by atoms with Crippen LogP contribution in [0.1, 0.15) is 30.9 Å². The van der Waals surface area contributed by atoms with Crippen LogP contribution in [0.4, 0.5) is 11.4 Å². The molecule has 0 aliphatic carbocycles. The number of aliphatic imine (C=N–C) groups is 1. The molecule has 0 bridgehead atoms. The molecule has 0 heterocycles. The van der Waals surface area contributed by atoms with Crippen LogP contribution in [0.5, 0.6) is 0 Å². The molecule has 0 unspecified atom stereocenters. The van der Waals surface area contributed by atoms with Crippen molar-refractivity contribution in [2.24, 2.45) is 10.7 Å². The average Bonchev–Trinajstić information content (AvgIpc) is 2.38. The summed E-state index contributed by atoms with van der Waals surface area (Å²) in [6, 6.07) is 16.1. The van der Waals surface area contributed by atoms with E-state index in [9.17, 15) is 0 Å². The number of aryl methyl sites for hydroxylation is 1. The molecule has 0 spiro atoms. The van der Waals surface area contributed by atoms with Gasteiger partial charge in [-0.15, -0.1) is 0 Å². The zero-order valence-corrected chi connectivity index (χ0v) is 12.2. The van der Waals surface area contributed by atoms with Crippen LogP contribution in [0.15, 0.2) is 53.5 Å². The number of nitrogens with zero attached hydrogens (tertiary/aromatic N) is 1. The topological polar surface area (TPSA) is 50.4 Å². The van der Waals surface area contributed by atoms with Crippen LogP contribution >= 0.6 is 0 Å². The van der Waals surface area contributed by atoms with Crippen LogP contribution in [0.3, 0.4) is 0 Å². The fourth-order valence-corrected chi connectivity index (χ4v) is 2.12. The zero-order valence-electron chi connectivity index (χ0n) is 12.2. The maximum Gasteiger partial charge on any atom is 0.198 e. The molecule has 0 saturated carbocycles. The third-order valence-corrected chi connectivity index (χ3v) is 3.10. The maximum atomic E-state index is 6.00. The first-order valence-corrected chi connectivity index (χ1v) is 6.83. The molecular formula is C17H21N3. The van der Waals surface area contributed by atoms with E-state index < -0.39 is 0 Å². The van der Waals surface area contributed by atoms with Crippen molar-refractivity contribution in [3.05, 3.63) is 59.7 Å². The molecule has 0 aliphatic rings. The minimum atomic E-state index is 0.406. The summed E-state index contributed by atoms with van der Waals surface area (Å²) in [5.41, 5.74) is 10.3. The van der Waals surface area contributed by atoms with Crippen LogP contribution in [-0.2, 0) is 0 Å². The quantitative estimate of drug-likeness (QED) is 0.647. The van der Waals surface area contributed by atoms with Crippen molar-refractivity contribution in [3.63, 3.8) is 0 Å². The number of benzene rings is 2. The van der Waals surface area contributed by atoms with Crippen LogP contribution < -0.4 is 11.1 Å². The van der Waals surface area contributed by atoms with Gasteiger partial charge in [-0.2, -0.15) is 0 Å². The highest BCUT2D eigenvalue weighted by Crippen LogP contribution is 2.23. The van der Waals surface area contributed by atoms with E-state index in [1.165, 1.54) is 11.1 Å². The summed E-state index contributed by atoms with van der Waals surface area (Å²) in [7, 11) is 0. The molecule has 0 amide bonds. The van der Waals surface area contributed by atoms with Gasteiger partial charge in [-0.1, -0.05) is 44.2 Å². The Labute approximate surface area is 120 Å². The van der Waals surface area contributed by atoms with Crippen molar-refractivity contribution in [2.45, 2.75) is 26.7 Å². The number of hydrogen-bond acceptors (Lipinski definition) is 1. The Morgan fingerprint density at radius 1 is 1.10 bits per heavy atom. The van der Waals surface area contributed by atoms with Gasteiger partial charge in [0.2, 0.25) is 0 Å². The van der Waals surface area contributed by atoms with Crippen molar-refractivity contribution >= 4 is 17.3 Å². The standard InChI is InChI=1S/C17H21N3/c1-12(2)15-9-4-5-10-16(15)20-17(18)19-14-8-6-7-13(3)11-14/h4-12H,1-3H3,(H3,18,19,20). The van der Waals surface area contributed by atoms with Crippen molar-refractivity contribution < 1.29 is 0 Å². The predicted octanol–water partition coefficient (Wildman–Crippen LogP) is 4.18. The largest absolute Gasteiger partial charge is 0.369 e. The summed E-state index contributed by atoms with van der Waals surface area (Å²) in [6.45, 7) is 6.36. The first-order chi connectivity index (χ1) is 9.56. The van der Waals surface area contributed by atoms with E-state index in [-0.39, 0.29) is 0 Å². The lowest BCUT2D eigenvalue weighted by Gasteiger charge is -2.13. The van der Waals surface area contributed by atoms with E-state index >= 15 is 0 Å². The first-order valence-electron chi connectivity index (χ1n) is 6.83. The summed E-state index contributed by atoms with van der Waals surface area (Å²) < 4.78 is 0. The molecule has 0 radical (unpaired) electrons. The minimum absolute atomic E-state index is 0.406. The number of nitrogens with one attached hydrogen (secondary N) is 1. The lowest BCUT2D eigenvalue weighted by Crippen LogP contribution is -2.22. The molecule has 104 valence electrons.